The van der Waals surface area contributed by atoms with Crippen molar-refractivity contribution in [2.45, 2.75) is 19.3 Å². The van der Waals surface area contributed by atoms with Gasteiger partial charge in [-0.15, -0.1) is 0 Å². The van der Waals surface area contributed by atoms with Crippen molar-refractivity contribution in [1.82, 2.24) is 9.88 Å². The molecule has 0 unspecified atom stereocenters. The van der Waals surface area contributed by atoms with Gasteiger partial charge in [-0.25, -0.2) is 0 Å². The van der Waals surface area contributed by atoms with Gasteiger partial charge in [0.15, 0.2) is 0 Å². The highest BCUT2D eigenvalue weighted by Crippen LogP contribution is 2.11. The van der Waals surface area contributed by atoms with Crippen molar-refractivity contribution < 1.29 is 4.79 Å². The van der Waals surface area contributed by atoms with Crippen molar-refractivity contribution in [1.29, 1.82) is 0 Å². The molecule has 1 saturated heterocycles. The highest BCUT2D eigenvalue weighted by molar-refractivity contribution is 6.30. The van der Waals surface area contributed by atoms with E-state index in [-0.39, 0.29) is 5.91 Å². The van der Waals surface area contributed by atoms with Crippen LogP contribution < -0.4 is 5.59 Å². The predicted octanol–water partition coefficient (Wildman–Crippen LogP) is 0.502. The summed E-state index contributed by atoms with van der Waals surface area (Å²) in [6, 6.07) is 3.40. The first-order valence-corrected chi connectivity index (χ1v) is 5.28. The second-order valence-corrected chi connectivity index (χ2v) is 3.82. The first-order valence-electron chi connectivity index (χ1n) is 5.28. The molecule has 0 N–H and O–H groups in total. The van der Waals surface area contributed by atoms with E-state index in [0.29, 0.717) is 11.2 Å². The smallest absolute Gasteiger partial charge is 0.255 e. The molecule has 0 atom stereocenters. The quantitative estimate of drug-likeness (QED) is 0.618. The monoisotopic (exact) mass is 200 g/mol. The van der Waals surface area contributed by atoms with Crippen molar-refractivity contribution in [3.05, 3.63) is 23.9 Å². The van der Waals surface area contributed by atoms with Gasteiger partial charge in [-0.2, -0.15) is 0 Å². The minimum atomic E-state index is 0.0715. The summed E-state index contributed by atoms with van der Waals surface area (Å²) in [6.07, 6.45) is 4.98. The summed E-state index contributed by atoms with van der Waals surface area (Å²) in [6.45, 7) is 1.73. The lowest BCUT2D eigenvalue weighted by atomic mass is 10.0. The molecule has 0 saturated carbocycles. The topological polar surface area (TPSA) is 33.2 Å². The lowest BCUT2D eigenvalue weighted by molar-refractivity contribution is 0.0724. The molecular weight excluding hydrogens is 187 g/mol. The van der Waals surface area contributed by atoms with Crippen LogP contribution in [0.4, 0.5) is 0 Å². The van der Waals surface area contributed by atoms with E-state index >= 15 is 0 Å². The van der Waals surface area contributed by atoms with Gasteiger partial charge < -0.3 is 4.90 Å². The van der Waals surface area contributed by atoms with Gasteiger partial charge in [-0.1, -0.05) is 6.07 Å². The molecule has 4 heteroatoms. The number of hydrogen-bond donors (Lipinski definition) is 0. The molecule has 2 radical (unpaired) electrons. The lowest BCUT2D eigenvalue weighted by Gasteiger charge is -2.26. The number of likely N-dealkylation sites (tertiary alicyclic amines) is 1. The Bertz CT molecular complexity index is 344. The van der Waals surface area contributed by atoms with E-state index in [1.807, 2.05) is 4.90 Å². The van der Waals surface area contributed by atoms with E-state index in [0.717, 1.165) is 25.9 Å². The maximum atomic E-state index is 12.0. The van der Waals surface area contributed by atoms with E-state index < -0.39 is 0 Å². The number of amides is 1. The van der Waals surface area contributed by atoms with Crippen molar-refractivity contribution in [2.24, 2.45) is 0 Å². The number of nitrogens with zero attached hydrogens (tertiary/aromatic N) is 2. The van der Waals surface area contributed by atoms with E-state index in [2.05, 4.69) is 4.98 Å². The molecular formula is C11H13BN2O. The van der Waals surface area contributed by atoms with Crippen LogP contribution in [0.3, 0.4) is 0 Å². The molecule has 0 bridgehead atoms. The zero-order chi connectivity index (χ0) is 10.7. The van der Waals surface area contributed by atoms with Crippen LogP contribution in [0.1, 0.15) is 29.6 Å². The Kier molecular flexibility index (Phi) is 3.04. The summed E-state index contributed by atoms with van der Waals surface area (Å²) in [5, 5.41) is 0. The van der Waals surface area contributed by atoms with E-state index in [4.69, 9.17) is 7.85 Å². The van der Waals surface area contributed by atoms with Crippen LogP contribution in [0.5, 0.6) is 0 Å². The minimum absolute atomic E-state index is 0.0715. The molecule has 0 spiro atoms. The second-order valence-electron chi connectivity index (χ2n) is 3.82. The van der Waals surface area contributed by atoms with Crippen molar-refractivity contribution >= 4 is 19.3 Å². The molecule has 1 aliphatic rings. The molecule has 1 aliphatic heterocycles. The van der Waals surface area contributed by atoms with Gasteiger partial charge in [0.05, 0.1) is 5.56 Å². The van der Waals surface area contributed by atoms with Gasteiger partial charge >= 0.3 is 0 Å². The third kappa shape index (κ3) is 2.38. The number of carbonyl (C=O) groups is 1. The van der Waals surface area contributed by atoms with Gasteiger partial charge in [0.25, 0.3) is 5.91 Å². The molecule has 1 aromatic heterocycles. The summed E-state index contributed by atoms with van der Waals surface area (Å²) in [7, 11) is 5.47. The van der Waals surface area contributed by atoms with Crippen LogP contribution in [0, 0.1) is 0 Å². The van der Waals surface area contributed by atoms with Crippen LogP contribution in [-0.4, -0.2) is 36.7 Å². The molecule has 2 rings (SSSR count). The van der Waals surface area contributed by atoms with Crippen LogP contribution >= 0.6 is 0 Å². The minimum Gasteiger partial charge on any atom is -0.339 e. The van der Waals surface area contributed by atoms with Gasteiger partial charge in [0, 0.05) is 19.3 Å². The fraction of sp³-hybridized carbons (Fsp3) is 0.455. The summed E-state index contributed by atoms with van der Waals surface area (Å²) in [5.41, 5.74) is 1.08. The van der Waals surface area contributed by atoms with Crippen molar-refractivity contribution in [3.63, 3.8) is 0 Å². The number of carbonyl (C=O) groups excluding carboxylic acids is 1. The van der Waals surface area contributed by atoms with Gasteiger partial charge in [0.2, 0.25) is 0 Å². The Balaban J connectivity index is 2.09. The van der Waals surface area contributed by atoms with Crippen LogP contribution in [-0.2, 0) is 0 Å². The Morgan fingerprint density at radius 1 is 1.27 bits per heavy atom. The molecule has 76 valence electrons. The normalized spacial score (nSPS) is 16.4. The number of aromatic nitrogens is 1. The first-order chi connectivity index (χ1) is 7.27. The SMILES string of the molecule is [B]c1ccc(C(=O)N2CCCCC2)cn1. The number of pyridine rings is 1. The fourth-order valence-corrected chi connectivity index (χ4v) is 1.81. The summed E-state index contributed by atoms with van der Waals surface area (Å²) < 4.78 is 0. The molecule has 1 aromatic rings. The third-order valence-corrected chi connectivity index (χ3v) is 2.68. The van der Waals surface area contributed by atoms with Crippen molar-refractivity contribution in [3.8, 4) is 0 Å². The average Bonchev–Trinajstić information content (AvgIpc) is 2.30. The maximum Gasteiger partial charge on any atom is 0.255 e. The Morgan fingerprint density at radius 2 is 2.00 bits per heavy atom. The molecule has 1 amide bonds. The Labute approximate surface area is 90.9 Å². The summed E-state index contributed by atoms with van der Waals surface area (Å²) in [4.78, 5) is 17.8. The lowest BCUT2D eigenvalue weighted by Crippen LogP contribution is -2.35. The molecule has 1 fully saturated rings. The fourth-order valence-electron chi connectivity index (χ4n) is 1.81. The molecule has 2 heterocycles. The third-order valence-electron chi connectivity index (χ3n) is 2.68. The predicted molar refractivity (Wildman–Crippen MR) is 59.4 cm³/mol. The van der Waals surface area contributed by atoms with Crippen molar-refractivity contribution in [2.75, 3.05) is 13.1 Å². The van der Waals surface area contributed by atoms with Crippen LogP contribution in [0.2, 0.25) is 0 Å². The van der Waals surface area contributed by atoms with E-state index in [1.165, 1.54) is 6.42 Å². The van der Waals surface area contributed by atoms with Gasteiger partial charge in [0.1, 0.15) is 7.85 Å². The number of rotatable bonds is 1. The first kappa shape index (κ1) is 10.2. The standard InChI is InChI=1S/C11H13BN2O/c12-10-5-4-9(8-13-10)11(15)14-6-2-1-3-7-14/h4-5,8H,1-3,6-7H2. The van der Waals surface area contributed by atoms with Crippen LogP contribution in [0.15, 0.2) is 18.3 Å². The summed E-state index contributed by atoms with van der Waals surface area (Å²) in [5.74, 6) is 0.0715. The number of hydrogen-bond acceptors (Lipinski definition) is 2. The Morgan fingerprint density at radius 3 is 2.60 bits per heavy atom. The molecule has 0 aromatic carbocycles. The highest BCUT2D eigenvalue weighted by atomic mass is 16.2. The van der Waals surface area contributed by atoms with E-state index in [9.17, 15) is 4.79 Å². The average molecular weight is 200 g/mol. The molecule has 0 aliphatic carbocycles. The van der Waals surface area contributed by atoms with E-state index in [1.54, 1.807) is 18.3 Å². The Hall–Kier alpha value is -1.32. The van der Waals surface area contributed by atoms with Gasteiger partial charge in [-0.3, -0.25) is 9.78 Å². The van der Waals surface area contributed by atoms with Gasteiger partial charge in [-0.05, 0) is 30.9 Å². The molecule has 15 heavy (non-hydrogen) atoms. The summed E-state index contributed by atoms with van der Waals surface area (Å²) >= 11 is 0. The number of piperidine rings is 1. The maximum absolute atomic E-state index is 12.0. The second kappa shape index (κ2) is 4.47. The zero-order valence-corrected chi connectivity index (χ0v) is 8.65. The highest BCUT2D eigenvalue weighted by Gasteiger charge is 2.17. The zero-order valence-electron chi connectivity index (χ0n) is 8.65. The van der Waals surface area contributed by atoms with Crippen LogP contribution in [0.25, 0.3) is 0 Å². The largest absolute Gasteiger partial charge is 0.339 e. The molecule has 3 nitrogen and oxygen atoms in total.